The zero-order chi connectivity index (χ0) is 13.7. The van der Waals surface area contributed by atoms with E-state index in [1.165, 1.54) is 11.8 Å². The van der Waals surface area contributed by atoms with Gasteiger partial charge in [-0.15, -0.1) is 0 Å². The number of likely N-dealkylation sites (tertiary alicyclic amines) is 1. The van der Waals surface area contributed by atoms with Crippen molar-refractivity contribution in [3.8, 4) is 0 Å². The average molecular weight is 257 g/mol. The minimum atomic E-state index is -0.968. The third-order valence-electron chi connectivity index (χ3n) is 3.21. The first-order valence-corrected chi connectivity index (χ1v) is 6.14. The minimum Gasteiger partial charge on any atom is -0.480 e. The van der Waals surface area contributed by atoms with Gasteiger partial charge in [0.05, 0.1) is 0 Å². The second-order valence-electron chi connectivity index (χ2n) is 4.60. The number of amides is 1. The molecule has 18 heavy (non-hydrogen) atoms. The zero-order valence-corrected chi connectivity index (χ0v) is 10.5. The van der Waals surface area contributed by atoms with Gasteiger partial charge in [-0.3, -0.25) is 9.59 Å². The number of aliphatic hydroxyl groups excluding tert-OH is 1. The molecule has 2 atom stereocenters. The summed E-state index contributed by atoms with van der Waals surface area (Å²) in [4.78, 5) is 34.6. The molecule has 0 aliphatic carbocycles. The van der Waals surface area contributed by atoms with Crippen molar-refractivity contribution < 1.29 is 24.6 Å². The van der Waals surface area contributed by atoms with E-state index in [1.54, 1.807) is 0 Å². The molecule has 1 heterocycles. The zero-order valence-electron chi connectivity index (χ0n) is 10.5. The largest absolute Gasteiger partial charge is 0.480 e. The molecule has 102 valence electrons. The Kier molecular flexibility index (Phi) is 5.27. The van der Waals surface area contributed by atoms with Gasteiger partial charge >= 0.3 is 5.97 Å². The predicted molar refractivity (Wildman–Crippen MR) is 62.9 cm³/mol. The van der Waals surface area contributed by atoms with Crippen LogP contribution in [-0.4, -0.2) is 51.5 Å². The Bertz CT molecular complexity index is 341. The molecule has 1 saturated heterocycles. The van der Waals surface area contributed by atoms with Crippen LogP contribution in [0.3, 0.4) is 0 Å². The molecule has 6 heteroatoms. The molecule has 0 spiro atoms. The minimum absolute atomic E-state index is 0.130. The molecule has 0 aromatic carbocycles. The molecular weight excluding hydrogens is 238 g/mol. The van der Waals surface area contributed by atoms with Gasteiger partial charge in [0.15, 0.2) is 5.78 Å². The molecule has 2 N–H and O–H groups in total. The van der Waals surface area contributed by atoms with Crippen LogP contribution in [0.25, 0.3) is 0 Å². The Hall–Kier alpha value is -1.43. The van der Waals surface area contributed by atoms with Gasteiger partial charge in [0, 0.05) is 13.0 Å². The van der Waals surface area contributed by atoms with E-state index in [0.717, 1.165) is 0 Å². The first-order valence-electron chi connectivity index (χ1n) is 6.14. The third-order valence-corrected chi connectivity index (χ3v) is 3.21. The van der Waals surface area contributed by atoms with Crippen LogP contribution in [0, 0.1) is 0 Å². The van der Waals surface area contributed by atoms with Crippen molar-refractivity contribution in [3.05, 3.63) is 0 Å². The smallest absolute Gasteiger partial charge is 0.326 e. The lowest BCUT2D eigenvalue weighted by molar-refractivity contribution is -0.146. The number of carboxylic acids is 1. The third kappa shape index (κ3) is 3.80. The van der Waals surface area contributed by atoms with Crippen LogP contribution in [0.15, 0.2) is 0 Å². The number of carbonyl (C=O) groups is 3. The van der Waals surface area contributed by atoms with E-state index in [-0.39, 0.29) is 18.1 Å². The second-order valence-corrected chi connectivity index (χ2v) is 4.60. The lowest BCUT2D eigenvalue weighted by atomic mass is 10.1. The SMILES string of the molecule is CC(=O)C(O)CCCCN1C(=O)CC[C@H]1C(=O)O. The van der Waals surface area contributed by atoms with Gasteiger partial charge in [0.2, 0.25) is 5.91 Å². The highest BCUT2D eigenvalue weighted by molar-refractivity contribution is 5.87. The molecule has 1 unspecified atom stereocenters. The Labute approximate surface area is 106 Å². The molecule has 6 nitrogen and oxygen atoms in total. The molecule has 1 aliphatic rings. The maximum absolute atomic E-state index is 11.5. The van der Waals surface area contributed by atoms with Gasteiger partial charge in [0.25, 0.3) is 0 Å². The molecular formula is C12H19NO5. The van der Waals surface area contributed by atoms with Crippen molar-refractivity contribution in [2.75, 3.05) is 6.54 Å². The summed E-state index contributed by atoms with van der Waals surface area (Å²) in [6.07, 6.45) is 1.25. The summed E-state index contributed by atoms with van der Waals surface area (Å²) >= 11 is 0. The molecule has 0 bridgehead atoms. The Morgan fingerprint density at radius 2 is 2.11 bits per heavy atom. The summed E-state index contributed by atoms with van der Waals surface area (Å²) < 4.78 is 0. The molecule has 0 radical (unpaired) electrons. The van der Waals surface area contributed by atoms with Crippen LogP contribution in [0.5, 0.6) is 0 Å². The summed E-state index contributed by atoms with van der Waals surface area (Å²) in [5, 5.41) is 18.2. The molecule has 1 aliphatic heterocycles. The fourth-order valence-corrected chi connectivity index (χ4v) is 2.09. The van der Waals surface area contributed by atoms with E-state index < -0.39 is 18.1 Å². The highest BCUT2D eigenvalue weighted by Gasteiger charge is 2.35. The summed E-state index contributed by atoms with van der Waals surface area (Å²) in [5.41, 5.74) is 0. The number of aliphatic carboxylic acids is 1. The van der Waals surface area contributed by atoms with Crippen LogP contribution < -0.4 is 0 Å². The number of carbonyl (C=O) groups excluding carboxylic acids is 2. The van der Waals surface area contributed by atoms with Crippen molar-refractivity contribution in [3.63, 3.8) is 0 Å². The van der Waals surface area contributed by atoms with E-state index in [1.807, 2.05) is 0 Å². The van der Waals surface area contributed by atoms with E-state index in [2.05, 4.69) is 0 Å². The van der Waals surface area contributed by atoms with Crippen molar-refractivity contribution in [2.24, 2.45) is 0 Å². The van der Waals surface area contributed by atoms with E-state index in [0.29, 0.717) is 32.2 Å². The number of hydrogen-bond donors (Lipinski definition) is 2. The van der Waals surface area contributed by atoms with Crippen LogP contribution >= 0.6 is 0 Å². The first kappa shape index (κ1) is 14.6. The highest BCUT2D eigenvalue weighted by Crippen LogP contribution is 2.19. The summed E-state index contributed by atoms with van der Waals surface area (Å²) in [5.74, 6) is -1.37. The Morgan fingerprint density at radius 1 is 1.44 bits per heavy atom. The average Bonchev–Trinajstić information content (AvgIpc) is 2.66. The van der Waals surface area contributed by atoms with Gasteiger partial charge in [-0.1, -0.05) is 0 Å². The quantitative estimate of drug-likeness (QED) is 0.634. The second kappa shape index (κ2) is 6.49. The van der Waals surface area contributed by atoms with E-state index in [4.69, 9.17) is 5.11 Å². The topological polar surface area (TPSA) is 94.9 Å². The predicted octanol–water partition coefficient (Wildman–Crippen LogP) is 0.182. The van der Waals surface area contributed by atoms with Crippen molar-refractivity contribution in [2.45, 2.75) is 51.2 Å². The number of aliphatic hydroxyl groups is 1. The normalized spacial score (nSPS) is 21.1. The highest BCUT2D eigenvalue weighted by atomic mass is 16.4. The van der Waals surface area contributed by atoms with E-state index >= 15 is 0 Å². The number of carboxylic acid groups (broad SMARTS) is 1. The van der Waals surface area contributed by atoms with Gasteiger partial charge in [-0.05, 0) is 32.6 Å². The lowest BCUT2D eigenvalue weighted by Crippen LogP contribution is -2.39. The molecule has 1 rings (SSSR count). The standard InChI is InChI=1S/C12H19NO5/c1-8(14)10(15)4-2-3-7-13-9(12(17)18)5-6-11(13)16/h9-10,15H,2-7H2,1H3,(H,17,18)/t9-,10?/m0/s1. The number of nitrogens with zero attached hydrogens (tertiary/aromatic N) is 1. The molecule has 0 aromatic heterocycles. The molecule has 0 aromatic rings. The van der Waals surface area contributed by atoms with Gasteiger partial charge in [-0.25, -0.2) is 4.79 Å². The number of rotatable bonds is 7. The van der Waals surface area contributed by atoms with Crippen LogP contribution in [0.4, 0.5) is 0 Å². The van der Waals surface area contributed by atoms with Crippen molar-refractivity contribution in [1.82, 2.24) is 4.90 Å². The molecule has 1 fully saturated rings. The van der Waals surface area contributed by atoms with Gasteiger partial charge in [-0.2, -0.15) is 0 Å². The maximum atomic E-state index is 11.5. The van der Waals surface area contributed by atoms with Crippen molar-refractivity contribution >= 4 is 17.7 Å². The van der Waals surface area contributed by atoms with Crippen molar-refractivity contribution in [1.29, 1.82) is 0 Å². The van der Waals surface area contributed by atoms with Gasteiger partial charge < -0.3 is 15.1 Å². The summed E-state index contributed by atoms with van der Waals surface area (Å²) in [6.45, 7) is 1.70. The lowest BCUT2D eigenvalue weighted by Gasteiger charge is -2.21. The fraction of sp³-hybridized carbons (Fsp3) is 0.750. The number of ketones is 1. The number of hydrogen-bond acceptors (Lipinski definition) is 4. The Balaban J connectivity index is 2.31. The van der Waals surface area contributed by atoms with Crippen LogP contribution in [-0.2, 0) is 14.4 Å². The first-order chi connectivity index (χ1) is 8.43. The maximum Gasteiger partial charge on any atom is 0.326 e. The van der Waals surface area contributed by atoms with E-state index in [9.17, 15) is 19.5 Å². The fourth-order valence-electron chi connectivity index (χ4n) is 2.09. The molecule has 1 amide bonds. The monoisotopic (exact) mass is 257 g/mol. The summed E-state index contributed by atoms with van der Waals surface area (Å²) in [7, 11) is 0. The Morgan fingerprint density at radius 3 is 2.67 bits per heavy atom. The molecule has 0 saturated carbocycles. The number of unbranched alkanes of at least 4 members (excludes halogenated alkanes) is 1. The van der Waals surface area contributed by atoms with Crippen LogP contribution in [0.1, 0.15) is 39.0 Å². The number of Topliss-reactive ketones (excluding diaryl/α,β-unsaturated/α-hetero) is 1. The van der Waals surface area contributed by atoms with Gasteiger partial charge in [0.1, 0.15) is 12.1 Å². The van der Waals surface area contributed by atoms with Crippen LogP contribution in [0.2, 0.25) is 0 Å². The summed E-state index contributed by atoms with van der Waals surface area (Å²) in [6, 6.07) is -0.713.